The van der Waals surface area contributed by atoms with E-state index in [0.717, 1.165) is 12.0 Å². The molecule has 0 aliphatic rings. The summed E-state index contributed by atoms with van der Waals surface area (Å²) in [6.45, 7) is 0.602. The zero-order chi connectivity index (χ0) is 15.2. The zero-order valence-corrected chi connectivity index (χ0v) is 11.9. The molecule has 0 aromatic carbocycles. The van der Waals surface area contributed by atoms with Crippen molar-refractivity contribution in [3.8, 4) is 0 Å². The molecule has 0 atom stereocenters. The zero-order valence-electron chi connectivity index (χ0n) is 11.9. The van der Waals surface area contributed by atoms with Gasteiger partial charge in [-0.15, -0.1) is 0 Å². The Morgan fingerprint density at radius 1 is 1.33 bits per heavy atom. The van der Waals surface area contributed by atoms with Crippen LogP contribution in [0.2, 0.25) is 0 Å². The number of nitrogens with zero attached hydrogens (tertiary/aromatic N) is 5. The fourth-order valence-corrected chi connectivity index (χ4v) is 1.95. The lowest BCUT2D eigenvalue weighted by Crippen LogP contribution is -2.23. The topological polar surface area (TPSA) is 97.1 Å². The number of rotatable bonds is 6. The second kappa shape index (κ2) is 6.60. The molecule has 0 aliphatic heterocycles. The second-order valence-electron chi connectivity index (χ2n) is 4.43. The van der Waals surface area contributed by atoms with Gasteiger partial charge in [-0.25, -0.2) is 9.97 Å². The van der Waals surface area contributed by atoms with Crippen LogP contribution < -0.4 is 10.2 Å². The minimum absolute atomic E-state index is 0.114. The summed E-state index contributed by atoms with van der Waals surface area (Å²) in [5, 5.41) is 13.9. The number of aromatic nitrogens is 3. The lowest BCUT2D eigenvalue weighted by atomic mass is 10.2. The molecule has 110 valence electrons. The third-order valence-electron chi connectivity index (χ3n) is 3.07. The van der Waals surface area contributed by atoms with Gasteiger partial charge in [0.2, 0.25) is 11.6 Å². The van der Waals surface area contributed by atoms with Crippen molar-refractivity contribution in [2.24, 2.45) is 0 Å². The molecule has 2 heterocycles. The van der Waals surface area contributed by atoms with Gasteiger partial charge in [0.1, 0.15) is 6.33 Å². The normalized spacial score (nSPS) is 10.2. The summed E-state index contributed by atoms with van der Waals surface area (Å²) in [6, 6.07) is 3.84. The highest BCUT2D eigenvalue weighted by atomic mass is 16.6. The molecule has 0 fully saturated rings. The van der Waals surface area contributed by atoms with Crippen LogP contribution in [0.25, 0.3) is 0 Å². The summed E-state index contributed by atoms with van der Waals surface area (Å²) in [6.07, 6.45) is 5.51. The standard InChI is InChI=1S/C13H16N6O2/c1-14-12-11(19(20)21)13(17-9-16-12)18(2)8-5-10-3-6-15-7-4-10/h3-4,6-7,9H,5,8H2,1-2H3,(H,14,16,17). The van der Waals surface area contributed by atoms with Crippen molar-refractivity contribution in [2.45, 2.75) is 6.42 Å². The van der Waals surface area contributed by atoms with Gasteiger partial charge in [0, 0.05) is 33.0 Å². The molecule has 8 nitrogen and oxygen atoms in total. The van der Waals surface area contributed by atoms with E-state index in [4.69, 9.17) is 0 Å². The van der Waals surface area contributed by atoms with E-state index in [2.05, 4.69) is 20.3 Å². The fourth-order valence-electron chi connectivity index (χ4n) is 1.95. The average Bonchev–Trinajstić information content (AvgIpc) is 2.52. The molecule has 0 spiro atoms. The van der Waals surface area contributed by atoms with Crippen molar-refractivity contribution in [2.75, 3.05) is 30.9 Å². The first-order valence-electron chi connectivity index (χ1n) is 6.40. The Hall–Kier alpha value is -2.77. The summed E-state index contributed by atoms with van der Waals surface area (Å²) < 4.78 is 0. The first-order chi connectivity index (χ1) is 10.1. The molecule has 0 unspecified atom stereocenters. The van der Waals surface area contributed by atoms with Crippen molar-refractivity contribution >= 4 is 17.3 Å². The SMILES string of the molecule is CNc1ncnc(N(C)CCc2ccncc2)c1[N+](=O)[O-]. The minimum Gasteiger partial charge on any atom is -0.367 e. The van der Waals surface area contributed by atoms with E-state index in [1.165, 1.54) is 6.33 Å². The molecule has 1 N–H and O–H groups in total. The van der Waals surface area contributed by atoms with Gasteiger partial charge in [-0.05, 0) is 24.1 Å². The van der Waals surface area contributed by atoms with Crippen molar-refractivity contribution in [3.05, 3.63) is 46.5 Å². The van der Waals surface area contributed by atoms with Crippen LogP contribution >= 0.6 is 0 Å². The van der Waals surface area contributed by atoms with Crippen LogP contribution in [0, 0.1) is 10.1 Å². The number of pyridine rings is 1. The van der Waals surface area contributed by atoms with Crippen LogP contribution in [0.4, 0.5) is 17.3 Å². The number of hydrogen-bond acceptors (Lipinski definition) is 7. The van der Waals surface area contributed by atoms with E-state index in [0.29, 0.717) is 12.4 Å². The van der Waals surface area contributed by atoms with Crippen LogP contribution in [0.15, 0.2) is 30.9 Å². The van der Waals surface area contributed by atoms with E-state index < -0.39 is 4.92 Å². The predicted octanol–water partition coefficient (Wildman–Crippen LogP) is 1.50. The van der Waals surface area contributed by atoms with Crippen LogP contribution in [0.5, 0.6) is 0 Å². The summed E-state index contributed by atoms with van der Waals surface area (Å²) in [5.74, 6) is 0.508. The maximum absolute atomic E-state index is 11.2. The molecular weight excluding hydrogens is 272 g/mol. The molecule has 0 amide bonds. The molecule has 2 aromatic heterocycles. The number of nitro groups is 1. The minimum atomic E-state index is -0.468. The maximum Gasteiger partial charge on any atom is 0.353 e. The monoisotopic (exact) mass is 288 g/mol. The molecular formula is C13H16N6O2. The van der Waals surface area contributed by atoms with Gasteiger partial charge in [0.15, 0.2) is 0 Å². The van der Waals surface area contributed by atoms with E-state index in [9.17, 15) is 10.1 Å². The molecule has 0 aliphatic carbocycles. The third-order valence-corrected chi connectivity index (χ3v) is 3.07. The molecule has 0 saturated carbocycles. The number of hydrogen-bond donors (Lipinski definition) is 1. The first kappa shape index (κ1) is 14.6. The number of likely N-dealkylation sites (N-methyl/N-ethyl adjacent to an activating group) is 1. The highest BCUT2D eigenvalue weighted by molar-refractivity contribution is 5.69. The molecule has 2 aromatic rings. The molecule has 0 radical (unpaired) electrons. The second-order valence-corrected chi connectivity index (χ2v) is 4.43. The largest absolute Gasteiger partial charge is 0.367 e. The van der Waals surface area contributed by atoms with Crippen LogP contribution in [-0.2, 0) is 6.42 Å². The van der Waals surface area contributed by atoms with Gasteiger partial charge in [-0.3, -0.25) is 15.1 Å². The van der Waals surface area contributed by atoms with Gasteiger partial charge in [-0.1, -0.05) is 0 Å². The van der Waals surface area contributed by atoms with Gasteiger partial charge in [-0.2, -0.15) is 0 Å². The molecule has 0 saturated heterocycles. The summed E-state index contributed by atoms with van der Waals surface area (Å²) >= 11 is 0. The Labute approximate surface area is 122 Å². The highest BCUT2D eigenvalue weighted by Crippen LogP contribution is 2.30. The number of nitrogens with one attached hydrogen (secondary N) is 1. The lowest BCUT2D eigenvalue weighted by Gasteiger charge is -2.18. The first-order valence-corrected chi connectivity index (χ1v) is 6.40. The summed E-state index contributed by atoms with van der Waals surface area (Å²) in [5.41, 5.74) is 1.000. The fraction of sp³-hybridized carbons (Fsp3) is 0.308. The van der Waals surface area contributed by atoms with Crippen LogP contribution in [-0.4, -0.2) is 40.5 Å². The third kappa shape index (κ3) is 3.41. The van der Waals surface area contributed by atoms with Gasteiger partial charge >= 0.3 is 5.69 Å². The van der Waals surface area contributed by atoms with E-state index >= 15 is 0 Å². The van der Waals surface area contributed by atoms with Gasteiger partial charge in [0.25, 0.3) is 0 Å². The molecule has 21 heavy (non-hydrogen) atoms. The van der Waals surface area contributed by atoms with Gasteiger partial charge in [0.05, 0.1) is 4.92 Å². The van der Waals surface area contributed by atoms with Crippen molar-refractivity contribution < 1.29 is 4.92 Å². The van der Waals surface area contributed by atoms with Crippen LogP contribution in [0.1, 0.15) is 5.56 Å². The average molecular weight is 288 g/mol. The Morgan fingerprint density at radius 3 is 2.67 bits per heavy atom. The smallest absolute Gasteiger partial charge is 0.353 e. The molecule has 0 bridgehead atoms. The Bertz CT molecular complexity index is 619. The Kier molecular flexibility index (Phi) is 4.60. The Morgan fingerprint density at radius 2 is 2.05 bits per heavy atom. The Balaban J connectivity index is 2.19. The summed E-state index contributed by atoms with van der Waals surface area (Å²) in [7, 11) is 3.37. The quantitative estimate of drug-likeness (QED) is 0.635. The predicted molar refractivity (Wildman–Crippen MR) is 79.4 cm³/mol. The van der Waals surface area contributed by atoms with E-state index in [1.54, 1.807) is 31.4 Å². The van der Waals surface area contributed by atoms with Crippen molar-refractivity contribution in [3.63, 3.8) is 0 Å². The van der Waals surface area contributed by atoms with Gasteiger partial charge < -0.3 is 10.2 Å². The molecule has 2 rings (SSSR count). The van der Waals surface area contributed by atoms with Crippen molar-refractivity contribution in [1.29, 1.82) is 0 Å². The summed E-state index contributed by atoms with van der Waals surface area (Å²) in [4.78, 5) is 24.4. The lowest BCUT2D eigenvalue weighted by molar-refractivity contribution is -0.383. The maximum atomic E-state index is 11.2. The highest BCUT2D eigenvalue weighted by Gasteiger charge is 2.24. The number of anilines is 2. The molecule has 8 heteroatoms. The van der Waals surface area contributed by atoms with E-state index in [1.807, 2.05) is 12.1 Å². The van der Waals surface area contributed by atoms with Crippen molar-refractivity contribution in [1.82, 2.24) is 15.0 Å². The van der Waals surface area contributed by atoms with Crippen LogP contribution in [0.3, 0.4) is 0 Å². The van der Waals surface area contributed by atoms with E-state index in [-0.39, 0.29) is 11.5 Å².